The van der Waals surface area contributed by atoms with E-state index in [9.17, 15) is 4.79 Å². The fourth-order valence-corrected chi connectivity index (χ4v) is 3.72. The van der Waals surface area contributed by atoms with Gasteiger partial charge in [0.1, 0.15) is 17.3 Å². The van der Waals surface area contributed by atoms with Crippen molar-refractivity contribution in [1.29, 1.82) is 0 Å². The Bertz CT molecular complexity index is 994. The number of methoxy groups -OCH3 is 2. The van der Waals surface area contributed by atoms with Crippen LogP contribution in [0.25, 0.3) is 11.3 Å². The summed E-state index contributed by atoms with van der Waals surface area (Å²) in [4.78, 5) is 21.2. The molecule has 0 aliphatic rings. The first-order chi connectivity index (χ1) is 13.8. The van der Waals surface area contributed by atoms with Crippen molar-refractivity contribution < 1.29 is 14.3 Å². The molecule has 3 aromatic rings. The van der Waals surface area contributed by atoms with Crippen LogP contribution in [-0.4, -0.2) is 46.0 Å². The summed E-state index contributed by atoms with van der Waals surface area (Å²) in [6.45, 7) is 6.14. The highest BCUT2D eigenvalue weighted by Gasteiger charge is 2.19. The molecule has 2 heterocycles. The van der Waals surface area contributed by atoms with Gasteiger partial charge < -0.3 is 14.8 Å². The van der Waals surface area contributed by atoms with Crippen LogP contribution >= 0.6 is 23.1 Å². The number of aromatic amines is 1. The number of thiazole rings is 1. The molecule has 0 saturated carbocycles. The Morgan fingerprint density at radius 1 is 1.24 bits per heavy atom. The second kappa shape index (κ2) is 8.83. The second-order valence-electron chi connectivity index (χ2n) is 7.16. The molecule has 1 aromatic carbocycles. The number of nitrogens with zero attached hydrogens (tertiary/aromatic N) is 3. The number of hydrogen-bond acceptors (Lipinski definition) is 8. The normalized spacial score (nSPS) is 11.3. The summed E-state index contributed by atoms with van der Waals surface area (Å²) in [5.74, 6) is 2.18. The molecule has 154 valence electrons. The fraction of sp³-hybridized carbons (Fsp3) is 0.368. The zero-order valence-corrected chi connectivity index (χ0v) is 18.5. The highest BCUT2D eigenvalue weighted by Crippen LogP contribution is 2.34. The van der Waals surface area contributed by atoms with E-state index < -0.39 is 0 Å². The van der Waals surface area contributed by atoms with Crippen LogP contribution in [0.15, 0.2) is 28.7 Å². The third-order valence-electron chi connectivity index (χ3n) is 3.94. The Kier molecular flexibility index (Phi) is 6.43. The Morgan fingerprint density at radius 2 is 2.03 bits per heavy atom. The molecule has 10 heteroatoms. The van der Waals surface area contributed by atoms with E-state index >= 15 is 0 Å². The molecule has 0 aliphatic heterocycles. The first-order valence-corrected chi connectivity index (χ1v) is 10.7. The van der Waals surface area contributed by atoms with E-state index in [2.05, 4.69) is 25.5 Å². The summed E-state index contributed by atoms with van der Waals surface area (Å²) in [6.07, 6.45) is 0. The van der Waals surface area contributed by atoms with E-state index in [0.29, 0.717) is 21.8 Å². The highest BCUT2D eigenvalue weighted by atomic mass is 32.2. The van der Waals surface area contributed by atoms with Crippen molar-refractivity contribution in [3.63, 3.8) is 0 Å². The lowest BCUT2D eigenvalue weighted by Gasteiger charge is -2.12. The molecule has 0 spiro atoms. The lowest BCUT2D eigenvalue weighted by atomic mass is 9.96. The van der Waals surface area contributed by atoms with Gasteiger partial charge in [-0.15, -0.1) is 16.4 Å². The van der Waals surface area contributed by atoms with Gasteiger partial charge in [0.2, 0.25) is 11.1 Å². The van der Waals surface area contributed by atoms with Gasteiger partial charge in [-0.25, -0.2) is 9.97 Å². The van der Waals surface area contributed by atoms with Gasteiger partial charge in [0.25, 0.3) is 0 Å². The van der Waals surface area contributed by atoms with E-state index in [1.165, 1.54) is 23.1 Å². The zero-order chi connectivity index (χ0) is 21.0. The topological polar surface area (TPSA) is 102 Å². The molecule has 0 fully saturated rings. The minimum Gasteiger partial charge on any atom is -0.497 e. The summed E-state index contributed by atoms with van der Waals surface area (Å²) in [6, 6.07) is 5.52. The number of carbonyl (C=O) groups excluding carboxylic acids is 1. The lowest BCUT2D eigenvalue weighted by molar-refractivity contribution is -0.113. The number of rotatable bonds is 7. The van der Waals surface area contributed by atoms with Crippen molar-refractivity contribution >= 4 is 34.1 Å². The number of nitrogens with one attached hydrogen (secondary N) is 2. The van der Waals surface area contributed by atoms with Crippen molar-refractivity contribution in [1.82, 2.24) is 20.2 Å². The number of benzene rings is 1. The lowest BCUT2D eigenvalue weighted by Crippen LogP contribution is -2.14. The van der Waals surface area contributed by atoms with Gasteiger partial charge in [0.05, 0.1) is 25.7 Å². The number of anilines is 1. The highest BCUT2D eigenvalue weighted by molar-refractivity contribution is 7.99. The summed E-state index contributed by atoms with van der Waals surface area (Å²) in [7, 11) is 3.20. The van der Waals surface area contributed by atoms with Gasteiger partial charge in [0.15, 0.2) is 5.13 Å². The number of thioether (sulfide) groups is 1. The SMILES string of the molecule is COc1ccc(-c2csc(NC(=O)CSc3n[nH]c(C(C)(C)C)n3)n2)c(OC)c1. The quantitative estimate of drug-likeness (QED) is 0.544. The number of carbonyl (C=O) groups is 1. The summed E-state index contributed by atoms with van der Waals surface area (Å²) < 4.78 is 10.6. The molecule has 0 saturated heterocycles. The minimum absolute atomic E-state index is 0.117. The maximum Gasteiger partial charge on any atom is 0.236 e. The maximum atomic E-state index is 12.3. The number of ether oxygens (including phenoxy) is 2. The van der Waals surface area contributed by atoms with E-state index in [4.69, 9.17) is 9.47 Å². The van der Waals surface area contributed by atoms with Gasteiger partial charge in [-0.2, -0.15) is 0 Å². The zero-order valence-electron chi connectivity index (χ0n) is 16.9. The average molecular weight is 434 g/mol. The molecule has 29 heavy (non-hydrogen) atoms. The number of H-pyrrole nitrogens is 1. The van der Waals surface area contributed by atoms with Crippen LogP contribution < -0.4 is 14.8 Å². The van der Waals surface area contributed by atoms with Gasteiger partial charge in [-0.05, 0) is 12.1 Å². The second-order valence-corrected chi connectivity index (χ2v) is 8.96. The number of hydrogen-bond donors (Lipinski definition) is 2. The molecule has 0 unspecified atom stereocenters. The summed E-state index contributed by atoms with van der Waals surface area (Å²) in [5.41, 5.74) is 1.43. The molecule has 0 atom stereocenters. The molecule has 3 rings (SSSR count). The summed E-state index contributed by atoms with van der Waals surface area (Å²) >= 11 is 2.63. The molecular weight excluding hydrogens is 410 g/mol. The molecule has 1 amide bonds. The number of aromatic nitrogens is 4. The van der Waals surface area contributed by atoms with Crippen LogP contribution in [0.5, 0.6) is 11.5 Å². The predicted molar refractivity (Wildman–Crippen MR) is 115 cm³/mol. The van der Waals surface area contributed by atoms with Crippen molar-refractivity contribution in [3.8, 4) is 22.8 Å². The van der Waals surface area contributed by atoms with Crippen LogP contribution in [0.2, 0.25) is 0 Å². The smallest absolute Gasteiger partial charge is 0.236 e. The monoisotopic (exact) mass is 433 g/mol. The van der Waals surface area contributed by atoms with Gasteiger partial charge >= 0.3 is 0 Å². The summed E-state index contributed by atoms with van der Waals surface area (Å²) in [5, 5.41) is 12.8. The average Bonchev–Trinajstić information content (AvgIpc) is 3.35. The van der Waals surface area contributed by atoms with Crippen molar-refractivity contribution in [2.24, 2.45) is 0 Å². The molecule has 2 N–H and O–H groups in total. The molecule has 0 radical (unpaired) electrons. The first-order valence-electron chi connectivity index (χ1n) is 8.83. The van der Waals surface area contributed by atoms with E-state index in [-0.39, 0.29) is 17.1 Å². The van der Waals surface area contributed by atoms with E-state index in [0.717, 1.165) is 17.1 Å². The van der Waals surface area contributed by atoms with E-state index in [1.807, 2.05) is 38.3 Å². The maximum absolute atomic E-state index is 12.3. The molecule has 2 aromatic heterocycles. The number of amides is 1. The van der Waals surface area contributed by atoms with Gasteiger partial charge in [-0.3, -0.25) is 9.89 Å². The van der Waals surface area contributed by atoms with Gasteiger partial charge in [0, 0.05) is 22.4 Å². The third-order valence-corrected chi connectivity index (χ3v) is 5.55. The molecule has 8 nitrogen and oxygen atoms in total. The standard InChI is InChI=1S/C19H23N5O3S2/c1-19(2,3)16-22-18(24-23-16)29-10-15(25)21-17-20-13(9-28-17)12-7-6-11(26-4)8-14(12)27-5/h6-9H,10H2,1-5H3,(H,20,21,25)(H,22,23,24). The van der Waals surface area contributed by atoms with Crippen molar-refractivity contribution in [2.45, 2.75) is 31.3 Å². The van der Waals surface area contributed by atoms with Crippen LogP contribution in [-0.2, 0) is 10.2 Å². The molecular formula is C19H23N5O3S2. The first kappa shape index (κ1) is 21.1. The van der Waals surface area contributed by atoms with Crippen LogP contribution in [0, 0.1) is 0 Å². The van der Waals surface area contributed by atoms with Gasteiger partial charge in [-0.1, -0.05) is 32.5 Å². The molecule has 0 aliphatic carbocycles. The van der Waals surface area contributed by atoms with Crippen LogP contribution in [0.1, 0.15) is 26.6 Å². The minimum atomic E-state index is -0.167. The van der Waals surface area contributed by atoms with Crippen LogP contribution in [0.4, 0.5) is 5.13 Å². The Morgan fingerprint density at radius 3 is 2.69 bits per heavy atom. The predicted octanol–water partition coefficient (Wildman–Crippen LogP) is 3.97. The van der Waals surface area contributed by atoms with Crippen molar-refractivity contribution in [3.05, 3.63) is 29.4 Å². The Hall–Kier alpha value is -2.59. The van der Waals surface area contributed by atoms with Crippen LogP contribution in [0.3, 0.4) is 0 Å². The fourth-order valence-electron chi connectivity index (χ4n) is 2.40. The molecule has 0 bridgehead atoms. The van der Waals surface area contributed by atoms with Crippen molar-refractivity contribution in [2.75, 3.05) is 25.3 Å². The third kappa shape index (κ3) is 5.27. The Balaban J connectivity index is 1.61. The van der Waals surface area contributed by atoms with E-state index in [1.54, 1.807) is 20.3 Å². The largest absolute Gasteiger partial charge is 0.497 e. The Labute approximate surface area is 177 Å².